The lowest BCUT2D eigenvalue weighted by molar-refractivity contribution is -0.131. The van der Waals surface area contributed by atoms with Gasteiger partial charge in [0.25, 0.3) is 0 Å². The molecule has 0 aliphatic carbocycles. The minimum Gasteiger partial charge on any atom is -0.342 e. The van der Waals surface area contributed by atoms with Crippen molar-refractivity contribution in [2.75, 3.05) is 13.1 Å². The normalized spacial score (nSPS) is 14.3. The number of carbonyl (C=O) groups excluding carboxylic acids is 2. The molecule has 1 aliphatic rings. The van der Waals surface area contributed by atoms with Gasteiger partial charge in [-0.25, -0.2) is 0 Å². The van der Waals surface area contributed by atoms with Crippen LogP contribution in [0, 0.1) is 0 Å². The first-order valence-electron chi connectivity index (χ1n) is 8.80. The summed E-state index contributed by atoms with van der Waals surface area (Å²) in [6.07, 6.45) is 3.25. The number of rotatable bonds is 6. The summed E-state index contributed by atoms with van der Waals surface area (Å²) in [5, 5.41) is 0. The molecule has 0 saturated carbocycles. The van der Waals surface area contributed by atoms with Crippen molar-refractivity contribution in [2.24, 2.45) is 0 Å². The third-order valence-corrected chi connectivity index (χ3v) is 5.49. The van der Waals surface area contributed by atoms with E-state index in [9.17, 15) is 9.59 Å². The molecule has 3 nitrogen and oxygen atoms in total. The number of hydrogen-bond acceptors (Lipinski definition) is 3. The maximum atomic E-state index is 12.5. The summed E-state index contributed by atoms with van der Waals surface area (Å²) in [4.78, 5) is 27.6. The Hall–Kier alpha value is -2.07. The fourth-order valence-electron chi connectivity index (χ4n) is 2.99. The highest BCUT2D eigenvalue weighted by molar-refractivity contribution is 7.98. The van der Waals surface area contributed by atoms with Crippen LogP contribution in [0.3, 0.4) is 0 Å². The SMILES string of the molecule is O=C(CC(=O)N1CCCCC1)c1cccc(SCc2ccccc2)c1. The van der Waals surface area contributed by atoms with Crippen LogP contribution in [-0.4, -0.2) is 29.7 Å². The molecule has 1 saturated heterocycles. The summed E-state index contributed by atoms with van der Waals surface area (Å²) in [5.74, 6) is 0.746. The number of carbonyl (C=O) groups is 2. The second-order valence-corrected chi connectivity index (χ2v) is 7.39. The molecule has 1 amide bonds. The molecule has 2 aromatic carbocycles. The van der Waals surface area contributed by atoms with E-state index in [2.05, 4.69) is 12.1 Å². The Labute approximate surface area is 153 Å². The van der Waals surface area contributed by atoms with Gasteiger partial charge in [-0.05, 0) is 37.0 Å². The van der Waals surface area contributed by atoms with Crippen LogP contribution in [0.15, 0.2) is 59.5 Å². The van der Waals surface area contributed by atoms with Gasteiger partial charge in [0.05, 0.1) is 6.42 Å². The number of piperidine rings is 1. The van der Waals surface area contributed by atoms with Crippen LogP contribution >= 0.6 is 11.8 Å². The molecule has 130 valence electrons. The lowest BCUT2D eigenvalue weighted by atomic mass is 10.1. The minimum atomic E-state index is -0.0854. The van der Waals surface area contributed by atoms with Gasteiger partial charge in [0.1, 0.15) is 0 Å². The first-order chi connectivity index (χ1) is 12.2. The summed E-state index contributed by atoms with van der Waals surface area (Å²) in [6.45, 7) is 1.58. The number of hydrogen-bond donors (Lipinski definition) is 0. The number of thioether (sulfide) groups is 1. The maximum absolute atomic E-state index is 12.5. The molecule has 0 aromatic heterocycles. The number of benzene rings is 2. The number of likely N-dealkylation sites (tertiary alicyclic amines) is 1. The van der Waals surface area contributed by atoms with Crippen LogP contribution in [0.1, 0.15) is 41.6 Å². The minimum absolute atomic E-state index is 0.0210. The summed E-state index contributed by atoms with van der Waals surface area (Å²) in [6, 6.07) is 17.9. The molecular weight excluding hydrogens is 330 g/mol. The molecule has 1 heterocycles. The Balaban J connectivity index is 1.58. The Morgan fingerprint density at radius 2 is 1.68 bits per heavy atom. The molecule has 2 aromatic rings. The highest BCUT2D eigenvalue weighted by atomic mass is 32.2. The number of Topliss-reactive ketones (excluding diaryl/α,β-unsaturated/α-hetero) is 1. The largest absolute Gasteiger partial charge is 0.342 e. The summed E-state index contributed by atoms with van der Waals surface area (Å²) < 4.78 is 0. The molecule has 4 heteroatoms. The van der Waals surface area contributed by atoms with Crippen molar-refractivity contribution in [3.63, 3.8) is 0 Å². The predicted molar refractivity (Wildman–Crippen MR) is 102 cm³/mol. The molecule has 0 unspecified atom stereocenters. The van der Waals surface area contributed by atoms with Crippen LogP contribution in [0.4, 0.5) is 0 Å². The standard InChI is InChI=1S/C21H23NO2S/c23-20(15-21(24)22-12-5-2-6-13-22)18-10-7-11-19(14-18)25-16-17-8-3-1-4-9-17/h1,3-4,7-11,14H,2,5-6,12-13,15-16H2. The van der Waals surface area contributed by atoms with E-state index in [1.54, 1.807) is 17.8 Å². The zero-order valence-corrected chi connectivity index (χ0v) is 15.1. The van der Waals surface area contributed by atoms with Gasteiger partial charge in [-0.2, -0.15) is 0 Å². The summed E-state index contributed by atoms with van der Waals surface area (Å²) in [7, 11) is 0. The monoisotopic (exact) mass is 353 g/mol. The molecule has 0 bridgehead atoms. The van der Waals surface area contributed by atoms with E-state index in [1.165, 1.54) is 12.0 Å². The van der Waals surface area contributed by atoms with Crippen LogP contribution in [-0.2, 0) is 10.5 Å². The highest BCUT2D eigenvalue weighted by Crippen LogP contribution is 2.24. The summed E-state index contributed by atoms with van der Waals surface area (Å²) in [5.41, 5.74) is 1.88. The molecule has 25 heavy (non-hydrogen) atoms. The third-order valence-electron chi connectivity index (χ3n) is 4.42. The van der Waals surface area contributed by atoms with E-state index < -0.39 is 0 Å². The predicted octanol–water partition coefficient (Wildman–Crippen LogP) is 4.56. The fourth-order valence-corrected chi connectivity index (χ4v) is 3.91. The fraction of sp³-hybridized carbons (Fsp3) is 0.333. The lowest BCUT2D eigenvalue weighted by Crippen LogP contribution is -2.36. The van der Waals surface area contributed by atoms with Gasteiger partial charge in [0.2, 0.25) is 5.91 Å². The van der Waals surface area contributed by atoms with E-state index in [-0.39, 0.29) is 18.1 Å². The second kappa shape index (κ2) is 8.86. The molecule has 1 aliphatic heterocycles. The Morgan fingerprint density at radius 1 is 0.920 bits per heavy atom. The van der Waals surface area contributed by atoms with Gasteiger partial charge in [-0.3, -0.25) is 9.59 Å². The highest BCUT2D eigenvalue weighted by Gasteiger charge is 2.20. The van der Waals surface area contributed by atoms with E-state index in [0.29, 0.717) is 5.56 Å². The van der Waals surface area contributed by atoms with Gasteiger partial charge in [-0.1, -0.05) is 42.5 Å². The first-order valence-corrected chi connectivity index (χ1v) is 9.79. The zero-order chi connectivity index (χ0) is 17.5. The van der Waals surface area contributed by atoms with E-state index >= 15 is 0 Å². The quantitative estimate of drug-likeness (QED) is 0.434. The molecule has 3 rings (SSSR count). The van der Waals surface area contributed by atoms with Gasteiger partial charge in [0, 0.05) is 29.3 Å². The smallest absolute Gasteiger partial charge is 0.230 e. The Morgan fingerprint density at radius 3 is 2.44 bits per heavy atom. The molecule has 0 atom stereocenters. The summed E-state index contributed by atoms with van der Waals surface area (Å²) >= 11 is 1.70. The molecule has 1 fully saturated rings. The van der Waals surface area contributed by atoms with E-state index in [4.69, 9.17) is 0 Å². The molecule has 0 radical (unpaired) electrons. The van der Waals surface area contributed by atoms with Gasteiger partial charge in [0.15, 0.2) is 5.78 Å². The Bertz CT molecular complexity index is 724. The van der Waals surface area contributed by atoms with Crippen molar-refractivity contribution in [1.82, 2.24) is 4.90 Å². The number of amides is 1. The second-order valence-electron chi connectivity index (χ2n) is 6.34. The van der Waals surface area contributed by atoms with Gasteiger partial charge < -0.3 is 4.90 Å². The van der Waals surface area contributed by atoms with E-state index in [1.807, 2.05) is 41.3 Å². The van der Waals surface area contributed by atoms with Gasteiger partial charge >= 0.3 is 0 Å². The van der Waals surface area contributed by atoms with Gasteiger partial charge in [-0.15, -0.1) is 11.8 Å². The van der Waals surface area contributed by atoms with Crippen LogP contribution < -0.4 is 0 Å². The average molecular weight is 353 g/mol. The van der Waals surface area contributed by atoms with Crippen LogP contribution in [0.5, 0.6) is 0 Å². The first kappa shape index (κ1) is 17.7. The van der Waals surface area contributed by atoms with Crippen molar-refractivity contribution in [2.45, 2.75) is 36.3 Å². The van der Waals surface area contributed by atoms with Crippen molar-refractivity contribution in [3.8, 4) is 0 Å². The maximum Gasteiger partial charge on any atom is 0.230 e. The lowest BCUT2D eigenvalue weighted by Gasteiger charge is -2.26. The van der Waals surface area contributed by atoms with Crippen LogP contribution in [0.25, 0.3) is 0 Å². The third kappa shape index (κ3) is 5.20. The molecule has 0 N–H and O–H groups in total. The van der Waals surface area contributed by atoms with Crippen molar-refractivity contribution in [3.05, 3.63) is 65.7 Å². The van der Waals surface area contributed by atoms with Crippen molar-refractivity contribution in [1.29, 1.82) is 0 Å². The van der Waals surface area contributed by atoms with Crippen molar-refractivity contribution >= 4 is 23.5 Å². The molecular formula is C21H23NO2S. The van der Waals surface area contributed by atoms with E-state index in [0.717, 1.165) is 36.6 Å². The number of ketones is 1. The topological polar surface area (TPSA) is 37.4 Å². The Kier molecular flexibility index (Phi) is 6.29. The zero-order valence-electron chi connectivity index (χ0n) is 14.3. The van der Waals surface area contributed by atoms with Crippen molar-refractivity contribution < 1.29 is 9.59 Å². The molecule has 0 spiro atoms. The average Bonchev–Trinajstić information content (AvgIpc) is 2.68. The number of nitrogens with zero attached hydrogens (tertiary/aromatic N) is 1. The van der Waals surface area contributed by atoms with Crippen LogP contribution in [0.2, 0.25) is 0 Å².